The van der Waals surface area contributed by atoms with E-state index in [0.717, 1.165) is 61.1 Å². The molecule has 4 nitrogen and oxygen atoms in total. The number of nitrogens with zero attached hydrogens (tertiary/aromatic N) is 4. The zero-order valence-corrected chi connectivity index (χ0v) is 25.3. The van der Waals surface area contributed by atoms with Crippen LogP contribution in [0.2, 0.25) is 0 Å². The van der Waals surface area contributed by atoms with Gasteiger partial charge >= 0.3 is 0 Å². The molecule has 218 valence electrons. The van der Waals surface area contributed by atoms with Crippen LogP contribution < -0.4 is 0 Å². The van der Waals surface area contributed by atoms with E-state index in [1.54, 1.807) is 12.1 Å². The summed E-state index contributed by atoms with van der Waals surface area (Å²) in [6, 6.07) is 33.4. The maximum absolute atomic E-state index is 14.0. The molecule has 1 fully saturated rings. The molecule has 1 aliphatic heterocycles. The van der Waals surface area contributed by atoms with Crippen LogP contribution in [-0.2, 0) is 20.0 Å². The highest BCUT2D eigenvalue weighted by Gasteiger charge is 2.29. The lowest BCUT2D eigenvalue weighted by Crippen LogP contribution is -2.33. The van der Waals surface area contributed by atoms with Crippen LogP contribution in [0.15, 0.2) is 97.1 Å². The summed E-state index contributed by atoms with van der Waals surface area (Å²) in [4.78, 5) is 2.60. The monoisotopic (exact) mass is 570 g/mol. The highest BCUT2D eigenvalue weighted by Crippen LogP contribution is 2.40. The van der Waals surface area contributed by atoms with Gasteiger partial charge in [-0.25, -0.2) is 4.39 Å². The molecule has 0 spiro atoms. The van der Waals surface area contributed by atoms with Crippen LogP contribution in [0, 0.1) is 5.82 Å². The summed E-state index contributed by atoms with van der Waals surface area (Å²) in [5, 5.41) is 7.31. The summed E-state index contributed by atoms with van der Waals surface area (Å²) < 4.78 is 18.6. The summed E-state index contributed by atoms with van der Waals surface area (Å²) in [5.74, 6) is 0.288. The van der Waals surface area contributed by atoms with Gasteiger partial charge in [-0.1, -0.05) is 85.8 Å². The van der Waals surface area contributed by atoms with Crippen LogP contribution in [-0.4, -0.2) is 32.3 Å². The molecule has 7 rings (SSSR count). The van der Waals surface area contributed by atoms with Crippen LogP contribution in [0.4, 0.5) is 4.39 Å². The molecular weight excluding hydrogens is 531 g/mol. The molecule has 43 heavy (non-hydrogen) atoms. The first-order valence-corrected chi connectivity index (χ1v) is 15.6. The molecule has 3 heterocycles. The molecule has 0 radical (unpaired) electrons. The number of rotatable bonds is 7. The van der Waals surface area contributed by atoms with Crippen LogP contribution in [0.1, 0.15) is 61.0 Å². The highest BCUT2D eigenvalue weighted by molar-refractivity contribution is 5.95. The second kappa shape index (κ2) is 11.5. The molecule has 1 atom stereocenters. The smallest absolute Gasteiger partial charge is 0.123 e. The van der Waals surface area contributed by atoms with Crippen molar-refractivity contribution in [1.82, 2.24) is 19.2 Å². The summed E-state index contributed by atoms with van der Waals surface area (Å²) in [7, 11) is 2.00. The third-order valence-electron chi connectivity index (χ3n) is 9.49. The minimum Gasteiger partial charge on any atom is -0.337 e. The Hall–Kier alpha value is -4.22. The minimum atomic E-state index is -0.237. The second-order valence-corrected chi connectivity index (χ2v) is 12.0. The van der Waals surface area contributed by atoms with Gasteiger partial charge < -0.3 is 4.57 Å². The summed E-state index contributed by atoms with van der Waals surface area (Å²) >= 11 is 0. The Bertz CT molecular complexity index is 1890. The predicted octanol–water partition coefficient (Wildman–Crippen LogP) is 8.89. The standard InChI is InChI=1S/C38H39FN4/c1-4-32-33-17-8-9-19-35(33)43(26(2)27-12-6-5-7-13-27)38(32)28-20-22-42(23-21-28)25-30-15-11-18-34-36(40-41(3)37(30)34)29-14-10-16-31(39)24-29/h5-19,24,26,28H,4,20-23,25H2,1-3H3. The van der Waals surface area contributed by atoms with E-state index in [9.17, 15) is 4.39 Å². The Kier molecular flexibility index (Phi) is 7.36. The van der Waals surface area contributed by atoms with E-state index in [1.807, 2.05) is 17.8 Å². The summed E-state index contributed by atoms with van der Waals surface area (Å²) in [6.45, 7) is 7.66. The average molecular weight is 571 g/mol. The van der Waals surface area contributed by atoms with Gasteiger partial charge in [-0.2, -0.15) is 5.10 Å². The lowest BCUT2D eigenvalue weighted by molar-refractivity contribution is 0.201. The number of halogens is 1. The van der Waals surface area contributed by atoms with Crippen molar-refractivity contribution in [2.45, 2.75) is 51.6 Å². The number of piperidine rings is 1. The second-order valence-electron chi connectivity index (χ2n) is 12.0. The van der Waals surface area contributed by atoms with Gasteiger partial charge in [0.05, 0.1) is 11.6 Å². The number of aryl methyl sites for hydroxylation is 2. The Balaban J connectivity index is 1.17. The molecule has 6 aromatic rings. The number of hydrogen-bond donors (Lipinski definition) is 0. The Morgan fingerprint density at radius 3 is 2.35 bits per heavy atom. The molecule has 4 aromatic carbocycles. The van der Waals surface area contributed by atoms with E-state index in [-0.39, 0.29) is 11.9 Å². The number of fused-ring (bicyclic) bond motifs is 2. The van der Waals surface area contributed by atoms with Gasteiger partial charge in [0, 0.05) is 47.1 Å². The topological polar surface area (TPSA) is 26.0 Å². The number of para-hydroxylation sites is 2. The molecule has 1 unspecified atom stereocenters. The molecule has 2 aromatic heterocycles. The predicted molar refractivity (Wildman–Crippen MR) is 175 cm³/mol. The van der Waals surface area contributed by atoms with Crippen molar-refractivity contribution in [2.75, 3.05) is 13.1 Å². The van der Waals surface area contributed by atoms with Gasteiger partial charge in [0.15, 0.2) is 0 Å². The zero-order valence-electron chi connectivity index (χ0n) is 25.3. The van der Waals surface area contributed by atoms with Crippen molar-refractivity contribution in [3.8, 4) is 11.3 Å². The fourth-order valence-corrected chi connectivity index (χ4v) is 7.47. The van der Waals surface area contributed by atoms with Gasteiger partial charge in [0.2, 0.25) is 0 Å². The molecule has 1 aliphatic rings. The minimum absolute atomic E-state index is 0.237. The lowest BCUT2D eigenvalue weighted by atomic mass is 9.89. The van der Waals surface area contributed by atoms with Crippen molar-refractivity contribution in [1.29, 1.82) is 0 Å². The fourth-order valence-electron chi connectivity index (χ4n) is 7.47. The number of aromatic nitrogens is 3. The van der Waals surface area contributed by atoms with Crippen molar-refractivity contribution in [3.05, 3.63) is 125 Å². The van der Waals surface area contributed by atoms with Crippen LogP contribution in [0.5, 0.6) is 0 Å². The van der Waals surface area contributed by atoms with E-state index < -0.39 is 0 Å². The van der Waals surface area contributed by atoms with Crippen molar-refractivity contribution in [2.24, 2.45) is 7.05 Å². The van der Waals surface area contributed by atoms with Crippen LogP contribution in [0.25, 0.3) is 33.1 Å². The number of benzene rings is 4. The third-order valence-corrected chi connectivity index (χ3v) is 9.49. The largest absolute Gasteiger partial charge is 0.337 e. The van der Waals surface area contributed by atoms with Gasteiger partial charge in [-0.3, -0.25) is 9.58 Å². The average Bonchev–Trinajstić information content (AvgIpc) is 3.57. The fraction of sp³-hybridized carbons (Fsp3) is 0.289. The molecule has 0 saturated carbocycles. The quantitative estimate of drug-likeness (QED) is 0.192. The SMILES string of the molecule is CCc1c(C2CCN(Cc3cccc4c(-c5cccc(F)c5)nn(C)c34)CC2)n(C(C)c2ccccc2)c2ccccc12. The number of hydrogen-bond acceptors (Lipinski definition) is 2. The first-order valence-electron chi connectivity index (χ1n) is 15.6. The van der Waals surface area contributed by atoms with Crippen molar-refractivity contribution >= 4 is 21.8 Å². The molecule has 1 saturated heterocycles. The normalized spacial score (nSPS) is 15.4. The third kappa shape index (κ3) is 4.96. The molecule has 0 N–H and O–H groups in total. The molecule has 0 bridgehead atoms. The van der Waals surface area contributed by atoms with E-state index in [4.69, 9.17) is 5.10 Å². The number of likely N-dealkylation sites (tertiary alicyclic amines) is 1. The van der Waals surface area contributed by atoms with Crippen molar-refractivity contribution < 1.29 is 4.39 Å². The highest BCUT2D eigenvalue weighted by atomic mass is 19.1. The van der Waals surface area contributed by atoms with Gasteiger partial charge in [-0.05, 0) is 74.2 Å². The van der Waals surface area contributed by atoms with E-state index in [1.165, 1.54) is 39.4 Å². The van der Waals surface area contributed by atoms with Gasteiger partial charge in [0.1, 0.15) is 11.5 Å². The maximum atomic E-state index is 14.0. The van der Waals surface area contributed by atoms with Gasteiger partial charge in [0.25, 0.3) is 0 Å². The summed E-state index contributed by atoms with van der Waals surface area (Å²) in [5.41, 5.74) is 9.81. The zero-order chi connectivity index (χ0) is 29.5. The van der Waals surface area contributed by atoms with E-state index in [2.05, 4.69) is 96.1 Å². The van der Waals surface area contributed by atoms with E-state index in [0.29, 0.717) is 5.92 Å². The first-order chi connectivity index (χ1) is 21.0. The van der Waals surface area contributed by atoms with Crippen LogP contribution >= 0.6 is 0 Å². The van der Waals surface area contributed by atoms with Crippen LogP contribution in [0.3, 0.4) is 0 Å². The maximum Gasteiger partial charge on any atom is 0.123 e. The van der Waals surface area contributed by atoms with Gasteiger partial charge in [-0.15, -0.1) is 0 Å². The Labute approximate surface area is 253 Å². The van der Waals surface area contributed by atoms with E-state index >= 15 is 0 Å². The Morgan fingerprint density at radius 2 is 1.58 bits per heavy atom. The Morgan fingerprint density at radius 1 is 0.860 bits per heavy atom. The first kappa shape index (κ1) is 27.6. The molecule has 5 heteroatoms. The molecule has 0 amide bonds. The molecular formula is C38H39FN4. The summed E-state index contributed by atoms with van der Waals surface area (Å²) in [6.07, 6.45) is 3.32. The molecule has 0 aliphatic carbocycles. The lowest BCUT2D eigenvalue weighted by Gasteiger charge is -2.34. The van der Waals surface area contributed by atoms with Crippen molar-refractivity contribution in [3.63, 3.8) is 0 Å².